The van der Waals surface area contributed by atoms with Crippen LogP contribution in [0.25, 0.3) is 11.4 Å². The molecule has 4 rings (SSSR count). The van der Waals surface area contributed by atoms with Gasteiger partial charge in [0.1, 0.15) is 5.82 Å². The molecule has 4 heterocycles. The predicted octanol–water partition coefficient (Wildman–Crippen LogP) is 2.95. The van der Waals surface area contributed by atoms with Crippen molar-refractivity contribution >= 4 is 12.1 Å². The van der Waals surface area contributed by atoms with Gasteiger partial charge in [-0.05, 0) is 18.2 Å². The number of halogens is 3. The largest absolute Gasteiger partial charge is 0.417 e. The van der Waals surface area contributed by atoms with Gasteiger partial charge in [0.2, 0.25) is 0 Å². The zero-order valence-corrected chi connectivity index (χ0v) is 15.4. The molecule has 0 unspecified atom stereocenters. The molecule has 0 saturated carbocycles. The summed E-state index contributed by atoms with van der Waals surface area (Å²) in [6, 6.07) is 4.25. The molecule has 0 aliphatic carbocycles. The van der Waals surface area contributed by atoms with Crippen molar-refractivity contribution < 1.29 is 18.0 Å². The normalized spacial score (nSPS) is 15.6. The highest BCUT2D eigenvalue weighted by molar-refractivity contribution is 5.78. The van der Waals surface area contributed by atoms with Crippen molar-refractivity contribution in [2.45, 2.75) is 12.7 Å². The molecule has 1 aliphatic rings. The van der Waals surface area contributed by atoms with Crippen LogP contribution in [0.1, 0.15) is 21.5 Å². The Morgan fingerprint density at radius 2 is 1.93 bits per heavy atom. The molecule has 2 N–H and O–H groups in total. The third kappa shape index (κ3) is 4.16. The number of aromatic nitrogens is 4. The fourth-order valence-corrected chi connectivity index (χ4v) is 3.40. The molecule has 10 heteroatoms. The number of hydrogen-bond donors (Lipinski definition) is 2. The van der Waals surface area contributed by atoms with Gasteiger partial charge < -0.3 is 9.88 Å². The second-order valence-electron chi connectivity index (χ2n) is 6.90. The van der Waals surface area contributed by atoms with E-state index in [9.17, 15) is 18.0 Å². The summed E-state index contributed by atoms with van der Waals surface area (Å²) in [6.45, 7) is 3.51. The molecular weight excluding hydrogens is 385 g/mol. The molecule has 1 fully saturated rings. The fraction of sp³-hybridized carbons (Fsp3) is 0.316. The van der Waals surface area contributed by atoms with E-state index in [1.807, 2.05) is 4.90 Å². The average Bonchev–Trinajstić information content (AvgIpc) is 3.37. The quantitative estimate of drug-likeness (QED) is 0.639. The van der Waals surface area contributed by atoms with Crippen molar-refractivity contribution in [2.75, 3.05) is 31.1 Å². The number of rotatable bonds is 5. The number of pyridine rings is 1. The molecule has 0 aromatic carbocycles. The van der Waals surface area contributed by atoms with Gasteiger partial charge in [-0.25, -0.2) is 4.98 Å². The fourth-order valence-electron chi connectivity index (χ4n) is 3.40. The maximum atomic E-state index is 12.7. The summed E-state index contributed by atoms with van der Waals surface area (Å²) < 4.78 is 38.0. The number of hydrogen-bond acceptors (Lipinski definition) is 5. The highest BCUT2D eigenvalue weighted by Crippen LogP contribution is 2.29. The Balaban J connectivity index is 1.37. The Bertz CT molecular complexity index is 970. The lowest BCUT2D eigenvalue weighted by Gasteiger charge is -2.35. The Labute approximate surface area is 164 Å². The van der Waals surface area contributed by atoms with Crippen molar-refractivity contribution in [1.29, 1.82) is 0 Å². The van der Waals surface area contributed by atoms with Crippen LogP contribution in [0.15, 0.2) is 36.8 Å². The van der Waals surface area contributed by atoms with Crippen LogP contribution in [0.4, 0.5) is 19.0 Å². The molecule has 7 nitrogen and oxygen atoms in total. The monoisotopic (exact) mass is 404 g/mol. The van der Waals surface area contributed by atoms with Gasteiger partial charge in [-0.3, -0.25) is 14.8 Å². The number of aldehydes is 1. The number of anilines is 1. The van der Waals surface area contributed by atoms with Crippen LogP contribution >= 0.6 is 0 Å². The van der Waals surface area contributed by atoms with Crippen molar-refractivity contribution in [3.63, 3.8) is 0 Å². The summed E-state index contributed by atoms with van der Waals surface area (Å²) in [5.41, 5.74) is 2.47. The van der Waals surface area contributed by atoms with Gasteiger partial charge in [0.05, 0.1) is 23.1 Å². The third-order valence-electron chi connectivity index (χ3n) is 4.99. The molecule has 1 saturated heterocycles. The van der Waals surface area contributed by atoms with E-state index in [1.165, 1.54) is 6.07 Å². The lowest BCUT2D eigenvalue weighted by atomic mass is 10.1. The van der Waals surface area contributed by atoms with Crippen LogP contribution in [0.3, 0.4) is 0 Å². The molecule has 0 atom stereocenters. The van der Waals surface area contributed by atoms with Gasteiger partial charge in [0.15, 0.2) is 6.29 Å². The van der Waals surface area contributed by atoms with E-state index in [4.69, 9.17) is 0 Å². The SMILES string of the molecule is O=Cc1c[nH]c(-c2[nH]ncc2CN2CCN(c3ccc(C(F)(F)F)cn3)CC2)c1. The highest BCUT2D eigenvalue weighted by Gasteiger charge is 2.31. The molecule has 1 aliphatic heterocycles. The Hall–Kier alpha value is -3.14. The minimum atomic E-state index is -4.38. The van der Waals surface area contributed by atoms with Gasteiger partial charge in [-0.15, -0.1) is 0 Å². The maximum Gasteiger partial charge on any atom is 0.417 e. The minimum absolute atomic E-state index is 0.550. The zero-order chi connectivity index (χ0) is 20.4. The maximum absolute atomic E-state index is 12.7. The Kier molecular flexibility index (Phi) is 5.10. The predicted molar refractivity (Wildman–Crippen MR) is 100 cm³/mol. The first-order valence-electron chi connectivity index (χ1n) is 9.11. The number of aromatic amines is 2. The van der Waals surface area contributed by atoms with Crippen LogP contribution in [0, 0.1) is 0 Å². The molecule has 0 spiro atoms. The summed E-state index contributed by atoms with van der Waals surface area (Å²) in [5, 5.41) is 7.08. The Morgan fingerprint density at radius 1 is 1.14 bits per heavy atom. The van der Waals surface area contributed by atoms with Crippen molar-refractivity contribution in [3.8, 4) is 11.4 Å². The second kappa shape index (κ2) is 7.70. The first-order valence-corrected chi connectivity index (χ1v) is 9.11. The van der Waals surface area contributed by atoms with Crippen LogP contribution in [-0.2, 0) is 12.7 Å². The van der Waals surface area contributed by atoms with Crippen molar-refractivity contribution in [3.05, 3.63) is 53.5 Å². The van der Waals surface area contributed by atoms with E-state index in [2.05, 4.69) is 25.1 Å². The van der Waals surface area contributed by atoms with E-state index >= 15 is 0 Å². The van der Waals surface area contributed by atoms with Crippen LogP contribution in [-0.4, -0.2) is 57.5 Å². The topological polar surface area (TPSA) is 80.9 Å². The van der Waals surface area contributed by atoms with Crippen LogP contribution in [0.5, 0.6) is 0 Å². The first kappa shape index (κ1) is 19.2. The lowest BCUT2D eigenvalue weighted by molar-refractivity contribution is -0.137. The van der Waals surface area contributed by atoms with E-state index in [-0.39, 0.29) is 0 Å². The first-order chi connectivity index (χ1) is 13.9. The molecular formula is C19H19F3N6O. The van der Waals surface area contributed by atoms with Crippen molar-refractivity contribution in [1.82, 2.24) is 25.1 Å². The van der Waals surface area contributed by atoms with Gasteiger partial charge in [-0.2, -0.15) is 18.3 Å². The molecule has 0 amide bonds. The summed E-state index contributed by atoms with van der Waals surface area (Å²) >= 11 is 0. The molecule has 29 heavy (non-hydrogen) atoms. The summed E-state index contributed by atoms with van der Waals surface area (Å²) in [4.78, 5) is 22.2. The van der Waals surface area contributed by atoms with E-state index < -0.39 is 11.7 Å². The zero-order valence-electron chi connectivity index (χ0n) is 15.4. The third-order valence-corrected chi connectivity index (χ3v) is 4.99. The number of carbonyl (C=O) groups is 1. The van der Waals surface area contributed by atoms with E-state index in [0.717, 1.165) is 48.6 Å². The molecule has 0 bridgehead atoms. The smallest absolute Gasteiger partial charge is 0.359 e. The summed E-state index contributed by atoms with van der Waals surface area (Å²) in [5.74, 6) is 0.550. The lowest BCUT2D eigenvalue weighted by Crippen LogP contribution is -2.46. The van der Waals surface area contributed by atoms with E-state index in [0.29, 0.717) is 31.0 Å². The highest BCUT2D eigenvalue weighted by atomic mass is 19.4. The average molecular weight is 404 g/mol. The van der Waals surface area contributed by atoms with Crippen LogP contribution < -0.4 is 4.90 Å². The Morgan fingerprint density at radius 3 is 2.55 bits per heavy atom. The number of piperazine rings is 1. The summed E-state index contributed by atoms with van der Waals surface area (Å²) in [6.07, 6.45) is 0.690. The number of carbonyl (C=O) groups excluding carboxylic acids is 1. The summed E-state index contributed by atoms with van der Waals surface area (Å²) in [7, 11) is 0. The van der Waals surface area contributed by atoms with Gasteiger partial charge in [0.25, 0.3) is 0 Å². The van der Waals surface area contributed by atoms with E-state index in [1.54, 1.807) is 18.5 Å². The number of alkyl halides is 3. The number of nitrogens with one attached hydrogen (secondary N) is 2. The number of H-pyrrole nitrogens is 2. The van der Waals surface area contributed by atoms with Crippen LogP contribution in [0.2, 0.25) is 0 Å². The van der Waals surface area contributed by atoms with Gasteiger partial charge >= 0.3 is 6.18 Å². The van der Waals surface area contributed by atoms with Crippen molar-refractivity contribution in [2.24, 2.45) is 0 Å². The number of nitrogens with zero attached hydrogens (tertiary/aromatic N) is 4. The molecule has 3 aromatic rings. The van der Waals surface area contributed by atoms with Gasteiger partial charge in [0, 0.05) is 56.2 Å². The molecule has 3 aromatic heterocycles. The van der Waals surface area contributed by atoms with Gasteiger partial charge in [-0.1, -0.05) is 0 Å². The molecule has 152 valence electrons. The minimum Gasteiger partial charge on any atom is -0.359 e. The second-order valence-corrected chi connectivity index (χ2v) is 6.90. The standard InChI is InChI=1S/C19H19F3N6O/c20-19(21,22)15-1-2-17(24-10-15)28-5-3-27(4-6-28)11-14-9-25-26-18(14)16-7-13(12-29)8-23-16/h1-2,7-10,12,23H,3-6,11H2,(H,25,26). The molecule has 0 radical (unpaired) electrons.